The lowest BCUT2D eigenvalue weighted by Gasteiger charge is -2.02. The number of nitrogens with one attached hydrogen (secondary N) is 1. The summed E-state index contributed by atoms with van der Waals surface area (Å²) in [5.41, 5.74) is 0.924. The summed E-state index contributed by atoms with van der Waals surface area (Å²) < 4.78 is 0. The summed E-state index contributed by atoms with van der Waals surface area (Å²) in [4.78, 5) is 15.8. The fourth-order valence-electron chi connectivity index (χ4n) is 2.63. The third kappa shape index (κ3) is 3.60. The molecule has 2 aliphatic rings. The summed E-state index contributed by atoms with van der Waals surface area (Å²) in [6, 6.07) is 3.76. The number of hydrogen-bond acceptors (Lipinski definition) is 2. The number of pyridine rings is 1. The van der Waals surface area contributed by atoms with E-state index in [1.165, 1.54) is 25.7 Å². The third-order valence-electron chi connectivity index (χ3n) is 4.06. The van der Waals surface area contributed by atoms with Crippen molar-refractivity contribution in [3.05, 3.63) is 23.9 Å². The molecule has 0 saturated heterocycles. The van der Waals surface area contributed by atoms with E-state index in [1.54, 1.807) is 6.20 Å². The zero-order valence-corrected chi connectivity index (χ0v) is 11.7. The van der Waals surface area contributed by atoms with E-state index in [2.05, 4.69) is 22.1 Å². The molecule has 2 saturated carbocycles. The van der Waals surface area contributed by atoms with Gasteiger partial charge in [0, 0.05) is 24.1 Å². The molecule has 0 spiro atoms. The van der Waals surface area contributed by atoms with Crippen LogP contribution in [0.5, 0.6) is 0 Å². The lowest BCUT2D eigenvalue weighted by molar-refractivity contribution is -0.117. The molecule has 2 fully saturated rings. The van der Waals surface area contributed by atoms with Crippen molar-refractivity contribution < 1.29 is 4.79 Å². The molecule has 1 aromatic rings. The highest BCUT2D eigenvalue weighted by molar-refractivity contribution is 5.93. The van der Waals surface area contributed by atoms with Gasteiger partial charge in [-0.15, -0.1) is 0 Å². The molecule has 0 aromatic carbocycles. The first-order valence-corrected chi connectivity index (χ1v) is 7.57. The second-order valence-electron chi connectivity index (χ2n) is 5.85. The summed E-state index contributed by atoms with van der Waals surface area (Å²) >= 11 is 0. The zero-order chi connectivity index (χ0) is 13.8. The van der Waals surface area contributed by atoms with Crippen LogP contribution in [0.3, 0.4) is 0 Å². The Kier molecular flexibility index (Phi) is 4.01. The van der Waals surface area contributed by atoms with Crippen LogP contribution in [-0.2, 0) is 4.79 Å². The van der Waals surface area contributed by atoms with Crippen LogP contribution in [-0.4, -0.2) is 10.9 Å². The van der Waals surface area contributed by atoms with E-state index in [-0.39, 0.29) is 11.8 Å². The number of anilines is 1. The number of amides is 1. The molecule has 1 heterocycles. The molecule has 3 nitrogen and oxygen atoms in total. The quantitative estimate of drug-likeness (QED) is 0.854. The van der Waals surface area contributed by atoms with Crippen molar-refractivity contribution in [2.24, 2.45) is 11.8 Å². The highest BCUT2D eigenvalue weighted by atomic mass is 16.2. The van der Waals surface area contributed by atoms with Crippen molar-refractivity contribution in [3.63, 3.8) is 0 Å². The van der Waals surface area contributed by atoms with Gasteiger partial charge in [-0.1, -0.05) is 24.7 Å². The van der Waals surface area contributed by atoms with Gasteiger partial charge < -0.3 is 5.32 Å². The molecule has 0 bridgehead atoms. The molecule has 1 N–H and O–H groups in total. The van der Waals surface area contributed by atoms with Gasteiger partial charge in [0.05, 0.1) is 0 Å². The first kappa shape index (κ1) is 13.2. The van der Waals surface area contributed by atoms with Crippen molar-refractivity contribution >= 4 is 11.7 Å². The van der Waals surface area contributed by atoms with Crippen LogP contribution in [0.25, 0.3) is 0 Å². The SMILES string of the molecule is O=C(Nc1ccc(C#CCC2CCCC2)cn1)C1CC1. The molecule has 0 aliphatic heterocycles. The Bertz CT molecular complexity index is 528. The van der Waals surface area contributed by atoms with Crippen LogP contribution >= 0.6 is 0 Å². The summed E-state index contributed by atoms with van der Waals surface area (Å²) in [6.45, 7) is 0. The Hall–Kier alpha value is -1.82. The largest absolute Gasteiger partial charge is 0.310 e. The van der Waals surface area contributed by atoms with Gasteiger partial charge in [0.15, 0.2) is 0 Å². The monoisotopic (exact) mass is 268 g/mol. The van der Waals surface area contributed by atoms with E-state index >= 15 is 0 Å². The van der Waals surface area contributed by atoms with Crippen molar-refractivity contribution in [1.29, 1.82) is 0 Å². The van der Waals surface area contributed by atoms with Crippen LogP contribution in [0.1, 0.15) is 50.5 Å². The zero-order valence-electron chi connectivity index (χ0n) is 11.7. The highest BCUT2D eigenvalue weighted by Crippen LogP contribution is 2.30. The van der Waals surface area contributed by atoms with Crippen LogP contribution < -0.4 is 5.32 Å². The minimum absolute atomic E-state index is 0.0950. The van der Waals surface area contributed by atoms with E-state index in [1.807, 2.05) is 12.1 Å². The van der Waals surface area contributed by atoms with Gasteiger partial charge in [-0.3, -0.25) is 4.79 Å². The summed E-state index contributed by atoms with van der Waals surface area (Å²) in [6.07, 6.45) is 10.2. The normalized spacial score (nSPS) is 18.4. The van der Waals surface area contributed by atoms with Gasteiger partial charge in [-0.2, -0.15) is 0 Å². The first-order chi connectivity index (χ1) is 9.81. The van der Waals surface area contributed by atoms with Crippen molar-refractivity contribution in [2.75, 3.05) is 5.32 Å². The summed E-state index contributed by atoms with van der Waals surface area (Å²) in [7, 11) is 0. The molecular weight excluding hydrogens is 248 g/mol. The predicted octanol–water partition coefficient (Wildman–Crippen LogP) is 3.36. The minimum atomic E-state index is 0.0950. The number of hydrogen-bond donors (Lipinski definition) is 1. The fraction of sp³-hybridized carbons (Fsp3) is 0.529. The molecule has 3 heteroatoms. The van der Waals surface area contributed by atoms with Crippen LogP contribution in [0.4, 0.5) is 5.82 Å². The van der Waals surface area contributed by atoms with Gasteiger partial charge in [-0.05, 0) is 43.7 Å². The van der Waals surface area contributed by atoms with Crippen molar-refractivity contribution in [3.8, 4) is 11.8 Å². The third-order valence-corrected chi connectivity index (χ3v) is 4.06. The average Bonchev–Trinajstić information content (AvgIpc) is 3.19. The first-order valence-electron chi connectivity index (χ1n) is 7.57. The lowest BCUT2D eigenvalue weighted by Crippen LogP contribution is -2.14. The van der Waals surface area contributed by atoms with Crippen molar-refractivity contribution in [1.82, 2.24) is 4.98 Å². The predicted molar refractivity (Wildman–Crippen MR) is 79.0 cm³/mol. The molecule has 104 valence electrons. The Balaban J connectivity index is 1.52. The van der Waals surface area contributed by atoms with E-state index in [4.69, 9.17) is 0 Å². The Morgan fingerprint density at radius 1 is 1.25 bits per heavy atom. The Morgan fingerprint density at radius 2 is 2.05 bits per heavy atom. The molecule has 2 aliphatic carbocycles. The van der Waals surface area contributed by atoms with Gasteiger partial charge in [-0.25, -0.2) is 4.98 Å². The standard InChI is InChI=1S/C17H20N2O/c20-17(15-9-10-15)19-16-11-8-14(12-18-16)7-3-6-13-4-1-2-5-13/h8,11-13,15H,1-2,4-6,9-10H2,(H,18,19,20). The smallest absolute Gasteiger partial charge is 0.228 e. The molecule has 0 atom stereocenters. The van der Waals surface area contributed by atoms with E-state index in [0.717, 1.165) is 30.7 Å². The average molecular weight is 268 g/mol. The fourth-order valence-corrected chi connectivity index (χ4v) is 2.63. The maximum Gasteiger partial charge on any atom is 0.228 e. The number of aromatic nitrogens is 1. The van der Waals surface area contributed by atoms with E-state index in [0.29, 0.717) is 5.82 Å². The number of rotatable bonds is 3. The lowest BCUT2D eigenvalue weighted by atomic mass is 10.0. The molecular formula is C17H20N2O. The number of nitrogens with zero attached hydrogens (tertiary/aromatic N) is 1. The second kappa shape index (κ2) is 6.09. The van der Waals surface area contributed by atoms with Crippen LogP contribution in [0.2, 0.25) is 0 Å². The van der Waals surface area contributed by atoms with Crippen molar-refractivity contribution in [2.45, 2.75) is 44.9 Å². The summed E-state index contributed by atoms with van der Waals surface area (Å²) in [5, 5.41) is 2.83. The molecule has 0 radical (unpaired) electrons. The number of carbonyl (C=O) groups is 1. The number of carbonyl (C=O) groups excluding carboxylic acids is 1. The van der Waals surface area contributed by atoms with Gasteiger partial charge in [0.2, 0.25) is 5.91 Å². The van der Waals surface area contributed by atoms with Crippen LogP contribution in [0.15, 0.2) is 18.3 Å². The van der Waals surface area contributed by atoms with Gasteiger partial charge >= 0.3 is 0 Å². The maximum atomic E-state index is 11.6. The van der Waals surface area contributed by atoms with E-state index < -0.39 is 0 Å². The molecule has 1 aromatic heterocycles. The summed E-state index contributed by atoms with van der Waals surface area (Å²) in [5.74, 6) is 8.15. The molecule has 1 amide bonds. The van der Waals surface area contributed by atoms with E-state index in [9.17, 15) is 4.79 Å². The molecule has 20 heavy (non-hydrogen) atoms. The van der Waals surface area contributed by atoms with Gasteiger partial charge in [0.1, 0.15) is 5.82 Å². The highest BCUT2D eigenvalue weighted by Gasteiger charge is 2.29. The molecule has 0 unspecified atom stereocenters. The Morgan fingerprint density at radius 3 is 2.70 bits per heavy atom. The topological polar surface area (TPSA) is 42.0 Å². The van der Waals surface area contributed by atoms with Crippen LogP contribution in [0, 0.1) is 23.7 Å². The maximum absolute atomic E-state index is 11.6. The second-order valence-corrected chi connectivity index (χ2v) is 5.85. The minimum Gasteiger partial charge on any atom is -0.310 e. The Labute approximate surface area is 120 Å². The van der Waals surface area contributed by atoms with Gasteiger partial charge in [0.25, 0.3) is 0 Å². The molecule has 3 rings (SSSR count).